The van der Waals surface area contributed by atoms with Crippen molar-refractivity contribution in [3.05, 3.63) is 88.2 Å². The van der Waals surface area contributed by atoms with E-state index in [0.717, 1.165) is 18.2 Å². The Kier molecular flexibility index (Phi) is 10.0. The Labute approximate surface area is 254 Å². The highest BCUT2D eigenvalue weighted by atomic mass is 79.9. The Morgan fingerprint density at radius 1 is 0.667 bits per heavy atom. The number of carbonyl (C=O) groups is 5. The Morgan fingerprint density at radius 2 is 1.05 bits per heavy atom. The van der Waals surface area contributed by atoms with Gasteiger partial charge in [0.05, 0.1) is 20.1 Å². The van der Waals surface area contributed by atoms with Crippen molar-refractivity contribution in [2.24, 2.45) is 0 Å². The number of hydrogen-bond acceptors (Lipinski definition) is 7. The van der Waals surface area contributed by atoms with Gasteiger partial charge in [-0.25, -0.2) is 19.2 Å². The molecule has 0 fully saturated rings. The van der Waals surface area contributed by atoms with E-state index in [1.165, 1.54) is 24.3 Å². The van der Waals surface area contributed by atoms with Crippen LogP contribution in [-0.2, 0) is 0 Å². The van der Waals surface area contributed by atoms with Gasteiger partial charge in [-0.05, 0) is 81.2 Å². The van der Waals surface area contributed by atoms with E-state index in [2.05, 4.69) is 69.0 Å². The molecule has 202 valence electrons. The normalized spacial score (nSPS) is 10.5. The second-order valence-corrected chi connectivity index (χ2v) is 11.1. The zero-order chi connectivity index (χ0) is 29.0. The number of amides is 1. The summed E-state index contributed by atoms with van der Waals surface area (Å²) in [5, 5.41) is 21.6. The number of carbonyl (C=O) groups excluding carboxylic acids is 3. The van der Waals surface area contributed by atoms with Gasteiger partial charge in [-0.3, -0.25) is 4.79 Å². The van der Waals surface area contributed by atoms with Gasteiger partial charge in [0.1, 0.15) is 11.1 Å². The lowest BCUT2D eigenvalue weighted by Crippen LogP contribution is -2.24. The van der Waals surface area contributed by atoms with Gasteiger partial charge in [0.2, 0.25) is 0 Å². The molecule has 3 aromatic rings. The summed E-state index contributed by atoms with van der Waals surface area (Å²) in [6, 6.07) is 8.82. The van der Waals surface area contributed by atoms with E-state index in [-0.39, 0.29) is 54.8 Å². The molecule has 0 heterocycles. The highest BCUT2D eigenvalue weighted by Gasteiger charge is 2.25. The fraction of sp³-hybridized carbons (Fsp3) is 0.0800. The van der Waals surface area contributed by atoms with Crippen molar-refractivity contribution in [1.29, 1.82) is 0 Å². The maximum Gasteiger partial charge on any atom is 0.343 e. The molecule has 14 heteroatoms. The lowest BCUT2D eigenvalue weighted by atomic mass is 10.0. The molecule has 0 radical (unpaired) electrons. The third-order valence-corrected chi connectivity index (χ3v) is 6.96. The second kappa shape index (κ2) is 12.9. The molecule has 0 atom stereocenters. The molecule has 10 nitrogen and oxygen atoms in total. The SMILES string of the molecule is CCNC(=O)c1cc(C(=O)Oc2c(Br)cc(Br)cc2C(=O)O)cc(C(=O)Oc2c(Br)cc(Br)cc2C(=O)O)c1. The molecule has 0 saturated carbocycles. The van der Waals surface area contributed by atoms with Crippen LogP contribution in [0, 0.1) is 0 Å². The van der Waals surface area contributed by atoms with Crippen molar-refractivity contribution in [3.63, 3.8) is 0 Å². The Bertz CT molecular complexity index is 1440. The quantitative estimate of drug-likeness (QED) is 0.176. The summed E-state index contributed by atoms with van der Waals surface area (Å²) in [4.78, 5) is 62.2. The minimum Gasteiger partial charge on any atom is -0.478 e. The van der Waals surface area contributed by atoms with Crippen LogP contribution in [0.15, 0.2) is 60.4 Å². The number of carboxylic acids is 2. The predicted octanol–water partition coefficient (Wildman–Crippen LogP) is 6.32. The smallest absolute Gasteiger partial charge is 0.343 e. The highest BCUT2D eigenvalue weighted by Crippen LogP contribution is 2.35. The van der Waals surface area contributed by atoms with E-state index < -0.39 is 29.8 Å². The number of benzene rings is 3. The minimum atomic E-state index is -1.37. The van der Waals surface area contributed by atoms with Crippen LogP contribution in [0.3, 0.4) is 0 Å². The topological polar surface area (TPSA) is 156 Å². The standard InChI is InChI=1S/C25H15Br4NO9/c1-2-30-21(31)10-3-11(24(36)38-19-15(22(32)33)6-13(26)8-17(19)28)5-12(4-10)25(37)39-20-16(23(34)35)7-14(27)9-18(20)29/h3-9H,2H2,1H3,(H,30,31)(H,32,33)(H,34,35). The molecule has 3 N–H and O–H groups in total. The maximum atomic E-state index is 13.1. The first-order valence-corrected chi connectivity index (χ1v) is 13.8. The first-order chi connectivity index (χ1) is 18.3. The van der Waals surface area contributed by atoms with E-state index in [9.17, 15) is 34.2 Å². The number of hydrogen-bond donors (Lipinski definition) is 3. The van der Waals surface area contributed by atoms with Crippen LogP contribution in [0.4, 0.5) is 0 Å². The minimum absolute atomic E-state index is 0.0973. The fourth-order valence-electron chi connectivity index (χ4n) is 3.21. The summed E-state index contributed by atoms with van der Waals surface area (Å²) in [6.45, 7) is 1.91. The van der Waals surface area contributed by atoms with Crippen molar-refractivity contribution in [3.8, 4) is 11.5 Å². The van der Waals surface area contributed by atoms with Gasteiger partial charge in [-0.2, -0.15) is 0 Å². The van der Waals surface area contributed by atoms with Crippen LogP contribution in [0.25, 0.3) is 0 Å². The highest BCUT2D eigenvalue weighted by molar-refractivity contribution is 9.11. The molecule has 0 spiro atoms. The lowest BCUT2D eigenvalue weighted by Gasteiger charge is -2.13. The van der Waals surface area contributed by atoms with Gasteiger partial charge in [-0.1, -0.05) is 31.9 Å². The van der Waals surface area contributed by atoms with Crippen LogP contribution >= 0.6 is 63.7 Å². The molecule has 0 bridgehead atoms. The average molecular weight is 793 g/mol. The molecule has 0 aliphatic rings. The summed E-state index contributed by atoms with van der Waals surface area (Å²) in [5.74, 6) is -6.09. The molecule has 0 aliphatic carbocycles. The van der Waals surface area contributed by atoms with Crippen LogP contribution in [0.5, 0.6) is 11.5 Å². The number of esters is 2. The van der Waals surface area contributed by atoms with Crippen molar-refractivity contribution < 1.29 is 43.7 Å². The first-order valence-electron chi connectivity index (χ1n) is 10.6. The number of halogens is 4. The van der Waals surface area contributed by atoms with Crippen molar-refractivity contribution in [1.82, 2.24) is 5.32 Å². The summed E-state index contributed by atoms with van der Waals surface area (Å²) >= 11 is 12.7. The van der Waals surface area contributed by atoms with Crippen LogP contribution in [-0.4, -0.2) is 46.5 Å². The average Bonchev–Trinajstić information content (AvgIpc) is 2.86. The van der Waals surface area contributed by atoms with Crippen molar-refractivity contribution in [2.75, 3.05) is 6.54 Å². The number of nitrogens with one attached hydrogen (secondary N) is 1. The maximum absolute atomic E-state index is 13.1. The summed E-state index contributed by atoms with van der Waals surface area (Å²) in [5.41, 5.74) is -1.30. The fourth-order valence-corrected chi connectivity index (χ4v) is 5.82. The third-order valence-electron chi connectivity index (χ3n) is 4.87. The zero-order valence-electron chi connectivity index (χ0n) is 19.5. The Hall–Kier alpha value is -3.07. The lowest BCUT2D eigenvalue weighted by molar-refractivity contribution is 0.0663. The molecule has 0 saturated heterocycles. The molecular weight excluding hydrogens is 778 g/mol. The third kappa shape index (κ3) is 7.32. The molecule has 0 aliphatic heterocycles. The molecular formula is C25H15Br4NO9. The van der Waals surface area contributed by atoms with Gasteiger partial charge in [0, 0.05) is 21.1 Å². The van der Waals surface area contributed by atoms with E-state index in [1.807, 2.05) is 0 Å². The Morgan fingerprint density at radius 3 is 1.41 bits per heavy atom. The van der Waals surface area contributed by atoms with Gasteiger partial charge in [-0.15, -0.1) is 0 Å². The molecule has 0 unspecified atom stereocenters. The zero-order valence-corrected chi connectivity index (χ0v) is 25.9. The number of rotatable bonds is 8. The summed E-state index contributed by atoms with van der Waals surface area (Å²) in [7, 11) is 0. The number of carboxylic acid groups (broad SMARTS) is 2. The predicted molar refractivity (Wildman–Crippen MR) is 152 cm³/mol. The van der Waals surface area contributed by atoms with Crippen LogP contribution in [0.2, 0.25) is 0 Å². The number of ether oxygens (including phenoxy) is 2. The molecule has 0 aromatic heterocycles. The van der Waals surface area contributed by atoms with E-state index in [1.54, 1.807) is 6.92 Å². The van der Waals surface area contributed by atoms with Gasteiger partial charge in [0.15, 0.2) is 11.5 Å². The van der Waals surface area contributed by atoms with Crippen molar-refractivity contribution in [2.45, 2.75) is 6.92 Å². The van der Waals surface area contributed by atoms with E-state index >= 15 is 0 Å². The first kappa shape index (κ1) is 30.5. The van der Waals surface area contributed by atoms with Gasteiger partial charge in [0.25, 0.3) is 5.91 Å². The van der Waals surface area contributed by atoms with Gasteiger partial charge >= 0.3 is 23.9 Å². The molecule has 3 rings (SSSR count). The van der Waals surface area contributed by atoms with E-state index in [0.29, 0.717) is 8.95 Å². The molecule has 1 amide bonds. The van der Waals surface area contributed by atoms with E-state index in [4.69, 9.17) is 9.47 Å². The molecule has 3 aromatic carbocycles. The largest absolute Gasteiger partial charge is 0.478 e. The Balaban J connectivity index is 2.07. The second-order valence-electron chi connectivity index (χ2n) is 7.58. The summed E-state index contributed by atoms with van der Waals surface area (Å²) in [6.07, 6.45) is 0. The summed E-state index contributed by atoms with van der Waals surface area (Å²) < 4.78 is 11.8. The van der Waals surface area contributed by atoms with Crippen LogP contribution < -0.4 is 14.8 Å². The molecule has 39 heavy (non-hydrogen) atoms. The monoisotopic (exact) mass is 789 g/mol. The van der Waals surface area contributed by atoms with Crippen molar-refractivity contribution >= 4 is 93.5 Å². The van der Waals surface area contributed by atoms with Crippen LogP contribution in [0.1, 0.15) is 58.7 Å². The van der Waals surface area contributed by atoms with Gasteiger partial charge < -0.3 is 25.0 Å². The number of aromatic carboxylic acids is 2.